The third kappa shape index (κ3) is 3.84. The minimum absolute atomic E-state index is 0.0199. The zero-order valence-electron chi connectivity index (χ0n) is 13.6. The predicted octanol–water partition coefficient (Wildman–Crippen LogP) is 2.49. The van der Waals surface area contributed by atoms with Gasteiger partial charge in [0, 0.05) is 6.54 Å². The van der Waals surface area contributed by atoms with Crippen molar-refractivity contribution >= 4 is 11.8 Å². The van der Waals surface area contributed by atoms with Gasteiger partial charge in [0.25, 0.3) is 0 Å². The van der Waals surface area contributed by atoms with E-state index in [4.69, 9.17) is 0 Å². The first-order valence-corrected chi connectivity index (χ1v) is 7.42. The highest BCUT2D eigenvalue weighted by Crippen LogP contribution is 2.26. The monoisotopic (exact) mass is 280 g/mol. The number of piperazine rings is 1. The molecule has 0 aromatic carbocycles. The summed E-state index contributed by atoms with van der Waals surface area (Å²) in [5, 5.41) is 2.91. The van der Waals surface area contributed by atoms with Gasteiger partial charge in [-0.25, -0.2) is 0 Å². The second kappa shape index (κ2) is 6.42. The SMILES string of the molecule is CCCC1C(=O)NC(C(C)(C)C)C(=O)N1CC=C(C)C. The molecular formula is C16H28N2O2. The lowest BCUT2D eigenvalue weighted by atomic mass is 9.83. The molecule has 0 aromatic rings. The molecule has 0 bridgehead atoms. The second-order valence-electron chi connectivity index (χ2n) is 6.88. The second-order valence-corrected chi connectivity index (χ2v) is 6.88. The average Bonchev–Trinajstić information content (AvgIpc) is 2.31. The van der Waals surface area contributed by atoms with Crippen LogP contribution in [0.5, 0.6) is 0 Å². The zero-order valence-corrected chi connectivity index (χ0v) is 13.6. The molecule has 4 nitrogen and oxygen atoms in total. The van der Waals surface area contributed by atoms with Crippen molar-refractivity contribution < 1.29 is 9.59 Å². The van der Waals surface area contributed by atoms with Gasteiger partial charge in [0.1, 0.15) is 12.1 Å². The third-order valence-electron chi connectivity index (χ3n) is 3.62. The minimum Gasteiger partial charge on any atom is -0.342 e. The van der Waals surface area contributed by atoms with Crippen LogP contribution in [0.25, 0.3) is 0 Å². The predicted molar refractivity (Wildman–Crippen MR) is 81.2 cm³/mol. The molecule has 1 fully saturated rings. The number of nitrogens with one attached hydrogen (secondary N) is 1. The van der Waals surface area contributed by atoms with E-state index in [0.717, 1.165) is 12.0 Å². The molecular weight excluding hydrogens is 252 g/mol. The van der Waals surface area contributed by atoms with Gasteiger partial charge in [-0.15, -0.1) is 0 Å². The first-order chi connectivity index (χ1) is 9.18. The standard InChI is InChI=1S/C16H28N2O2/c1-7-8-12-14(19)17-13(16(4,5)6)15(20)18(12)10-9-11(2)3/h9,12-13H,7-8,10H2,1-6H3,(H,17,19). The molecule has 20 heavy (non-hydrogen) atoms. The Bertz CT molecular complexity index is 403. The molecule has 0 saturated carbocycles. The van der Waals surface area contributed by atoms with Gasteiger partial charge in [-0.1, -0.05) is 45.8 Å². The van der Waals surface area contributed by atoms with Crippen LogP contribution >= 0.6 is 0 Å². The summed E-state index contributed by atoms with van der Waals surface area (Å²) in [5.41, 5.74) is 0.888. The first-order valence-electron chi connectivity index (χ1n) is 7.42. The fourth-order valence-electron chi connectivity index (χ4n) is 2.41. The summed E-state index contributed by atoms with van der Waals surface area (Å²) < 4.78 is 0. The molecule has 4 heteroatoms. The Morgan fingerprint density at radius 2 is 1.90 bits per heavy atom. The van der Waals surface area contributed by atoms with Crippen LogP contribution in [0.15, 0.2) is 11.6 Å². The number of hydrogen-bond donors (Lipinski definition) is 1. The molecule has 1 N–H and O–H groups in total. The van der Waals surface area contributed by atoms with Gasteiger partial charge in [0.2, 0.25) is 11.8 Å². The number of carbonyl (C=O) groups is 2. The Kier molecular flexibility index (Phi) is 5.37. The van der Waals surface area contributed by atoms with Crippen LogP contribution in [0.1, 0.15) is 54.4 Å². The maximum atomic E-state index is 12.7. The summed E-state index contributed by atoms with van der Waals surface area (Å²) in [6.07, 6.45) is 3.61. The van der Waals surface area contributed by atoms with Crippen LogP contribution in [0.2, 0.25) is 0 Å². The maximum Gasteiger partial charge on any atom is 0.246 e. The van der Waals surface area contributed by atoms with Gasteiger partial charge in [0.05, 0.1) is 0 Å². The highest BCUT2D eigenvalue weighted by molar-refractivity contribution is 5.97. The van der Waals surface area contributed by atoms with E-state index in [2.05, 4.69) is 5.32 Å². The molecule has 114 valence electrons. The Hall–Kier alpha value is -1.32. The van der Waals surface area contributed by atoms with Gasteiger partial charge in [-0.05, 0) is 25.7 Å². The molecule has 1 aliphatic heterocycles. The molecule has 2 amide bonds. The maximum absolute atomic E-state index is 12.7. The van der Waals surface area contributed by atoms with E-state index in [0.29, 0.717) is 13.0 Å². The first kappa shape index (κ1) is 16.7. The quantitative estimate of drug-likeness (QED) is 0.804. The number of carbonyl (C=O) groups excluding carboxylic acids is 2. The molecule has 1 saturated heterocycles. The van der Waals surface area contributed by atoms with Gasteiger partial charge >= 0.3 is 0 Å². The Balaban J connectivity index is 3.04. The Morgan fingerprint density at radius 3 is 2.35 bits per heavy atom. The van der Waals surface area contributed by atoms with Crippen LogP contribution in [0, 0.1) is 5.41 Å². The number of rotatable bonds is 4. The van der Waals surface area contributed by atoms with E-state index in [-0.39, 0.29) is 23.3 Å². The normalized spacial score (nSPS) is 23.6. The number of nitrogens with zero attached hydrogens (tertiary/aromatic N) is 1. The van der Waals surface area contributed by atoms with E-state index < -0.39 is 6.04 Å². The molecule has 2 atom stereocenters. The van der Waals surface area contributed by atoms with Crippen LogP contribution in [0.3, 0.4) is 0 Å². The van der Waals surface area contributed by atoms with Gasteiger partial charge in [-0.3, -0.25) is 9.59 Å². The summed E-state index contributed by atoms with van der Waals surface area (Å²) in [7, 11) is 0. The van der Waals surface area contributed by atoms with E-state index >= 15 is 0 Å². The van der Waals surface area contributed by atoms with Crippen LogP contribution in [0.4, 0.5) is 0 Å². The third-order valence-corrected chi connectivity index (χ3v) is 3.62. The fourth-order valence-corrected chi connectivity index (χ4v) is 2.41. The molecule has 0 radical (unpaired) electrons. The number of allylic oxidation sites excluding steroid dienone is 1. The fraction of sp³-hybridized carbons (Fsp3) is 0.750. The topological polar surface area (TPSA) is 49.4 Å². The van der Waals surface area contributed by atoms with Gasteiger partial charge in [0.15, 0.2) is 0 Å². The van der Waals surface area contributed by atoms with Crippen molar-refractivity contribution in [3.05, 3.63) is 11.6 Å². The van der Waals surface area contributed by atoms with Crippen molar-refractivity contribution in [1.82, 2.24) is 10.2 Å². The van der Waals surface area contributed by atoms with Crippen LogP contribution in [-0.4, -0.2) is 35.3 Å². The summed E-state index contributed by atoms with van der Waals surface area (Å²) >= 11 is 0. The summed E-state index contributed by atoms with van der Waals surface area (Å²) in [6, 6.07) is -0.768. The van der Waals surface area contributed by atoms with E-state index in [1.165, 1.54) is 0 Å². The Labute approximate surface area is 122 Å². The van der Waals surface area contributed by atoms with Crippen molar-refractivity contribution in [1.29, 1.82) is 0 Å². The molecule has 0 spiro atoms. The van der Waals surface area contributed by atoms with Crippen molar-refractivity contribution in [2.45, 2.75) is 66.5 Å². The minimum atomic E-state index is -0.436. The molecule has 2 unspecified atom stereocenters. The van der Waals surface area contributed by atoms with Crippen molar-refractivity contribution in [3.8, 4) is 0 Å². The molecule has 1 heterocycles. The van der Waals surface area contributed by atoms with E-state index in [1.54, 1.807) is 4.90 Å². The summed E-state index contributed by atoms with van der Waals surface area (Å²) in [6.45, 7) is 12.5. The van der Waals surface area contributed by atoms with Gasteiger partial charge in [-0.2, -0.15) is 0 Å². The summed E-state index contributed by atoms with van der Waals surface area (Å²) in [4.78, 5) is 26.8. The van der Waals surface area contributed by atoms with E-state index in [9.17, 15) is 9.59 Å². The highest BCUT2D eigenvalue weighted by atomic mass is 16.2. The lowest BCUT2D eigenvalue weighted by molar-refractivity contribution is -0.152. The van der Waals surface area contributed by atoms with Crippen LogP contribution < -0.4 is 5.32 Å². The average molecular weight is 280 g/mol. The molecule has 1 aliphatic rings. The van der Waals surface area contributed by atoms with Crippen LogP contribution in [-0.2, 0) is 9.59 Å². The Morgan fingerprint density at radius 1 is 1.30 bits per heavy atom. The molecule has 0 aromatic heterocycles. The molecule has 1 rings (SSSR count). The summed E-state index contributed by atoms with van der Waals surface area (Å²) in [5.74, 6) is 0.0154. The lowest BCUT2D eigenvalue weighted by Crippen LogP contribution is -2.66. The van der Waals surface area contributed by atoms with Crippen molar-refractivity contribution in [3.63, 3.8) is 0 Å². The van der Waals surface area contributed by atoms with Gasteiger partial charge < -0.3 is 10.2 Å². The largest absolute Gasteiger partial charge is 0.342 e. The van der Waals surface area contributed by atoms with E-state index in [1.807, 2.05) is 47.6 Å². The number of hydrogen-bond acceptors (Lipinski definition) is 2. The smallest absolute Gasteiger partial charge is 0.246 e. The van der Waals surface area contributed by atoms with Crippen molar-refractivity contribution in [2.75, 3.05) is 6.54 Å². The molecule has 0 aliphatic carbocycles. The van der Waals surface area contributed by atoms with Crippen molar-refractivity contribution in [2.24, 2.45) is 5.41 Å². The zero-order chi connectivity index (χ0) is 15.5. The lowest BCUT2D eigenvalue weighted by Gasteiger charge is -2.43. The number of amides is 2. The highest BCUT2D eigenvalue weighted by Gasteiger charge is 2.44.